The number of rotatable bonds is 2. The van der Waals surface area contributed by atoms with Crippen molar-refractivity contribution in [3.63, 3.8) is 0 Å². The van der Waals surface area contributed by atoms with Crippen molar-refractivity contribution in [2.75, 3.05) is 31.1 Å². The summed E-state index contributed by atoms with van der Waals surface area (Å²) in [5.41, 5.74) is 2.11. The monoisotopic (exact) mass is 314 g/mol. The van der Waals surface area contributed by atoms with Crippen LogP contribution in [0.2, 0.25) is 0 Å². The van der Waals surface area contributed by atoms with E-state index in [1.165, 1.54) is 6.42 Å². The quantitative estimate of drug-likeness (QED) is 0.833. The Morgan fingerprint density at radius 1 is 1.17 bits per heavy atom. The smallest absolute Gasteiger partial charge is 0.254 e. The lowest BCUT2D eigenvalue weighted by molar-refractivity contribution is -0.138. The van der Waals surface area contributed by atoms with E-state index in [4.69, 9.17) is 0 Å². The Morgan fingerprint density at radius 2 is 1.91 bits per heavy atom. The van der Waals surface area contributed by atoms with E-state index in [0.29, 0.717) is 11.7 Å². The van der Waals surface area contributed by atoms with Crippen molar-refractivity contribution >= 4 is 17.5 Å². The highest BCUT2D eigenvalue weighted by Gasteiger charge is 2.32. The minimum absolute atomic E-state index is 0.286. The maximum Gasteiger partial charge on any atom is 0.254 e. The lowest BCUT2D eigenvalue weighted by atomic mass is 9.84. The van der Waals surface area contributed by atoms with Crippen LogP contribution in [-0.2, 0) is 4.79 Å². The Bertz CT molecular complexity index is 742. The largest absolute Gasteiger partial charge is 0.353 e. The normalized spacial score (nSPS) is 19.2. The van der Waals surface area contributed by atoms with Gasteiger partial charge in [0.2, 0.25) is 5.91 Å². The van der Waals surface area contributed by atoms with Gasteiger partial charge < -0.3 is 9.80 Å². The van der Waals surface area contributed by atoms with E-state index in [9.17, 15) is 4.79 Å². The minimum Gasteiger partial charge on any atom is -0.353 e. The third kappa shape index (κ3) is 2.34. The number of carbonyl (C=O) groups is 1. The molecule has 122 valence electrons. The Labute approximate surface area is 135 Å². The van der Waals surface area contributed by atoms with Gasteiger partial charge in [-0.05, 0) is 26.7 Å². The SMILES string of the molecule is Cc1nc2ncnn2c(N2CCN(C(=O)C3CCC3)CC2)c1C. The third-order valence-corrected chi connectivity index (χ3v) is 5.22. The highest BCUT2D eigenvalue weighted by Crippen LogP contribution is 2.29. The molecule has 0 bridgehead atoms. The summed E-state index contributed by atoms with van der Waals surface area (Å²) in [7, 11) is 0. The Kier molecular flexibility index (Phi) is 3.43. The predicted octanol–water partition coefficient (Wildman–Crippen LogP) is 1.19. The van der Waals surface area contributed by atoms with Gasteiger partial charge >= 0.3 is 0 Å². The standard InChI is InChI=1S/C16H22N6O/c1-11-12(2)19-16-17-10-18-22(16)14(11)20-6-8-21(9-7-20)15(23)13-4-3-5-13/h10,13H,3-9H2,1-2H3. The summed E-state index contributed by atoms with van der Waals surface area (Å²) < 4.78 is 1.81. The van der Waals surface area contributed by atoms with Crippen LogP contribution in [0.4, 0.5) is 5.82 Å². The van der Waals surface area contributed by atoms with Crippen molar-refractivity contribution in [1.29, 1.82) is 0 Å². The van der Waals surface area contributed by atoms with Gasteiger partial charge in [-0.3, -0.25) is 4.79 Å². The summed E-state index contributed by atoms with van der Waals surface area (Å²) in [5, 5.41) is 4.32. The lowest BCUT2D eigenvalue weighted by Crippen LogP contribution is -2.51. The van der Waals surface area contributed by atoms with Crippen molar-refractivity contribution < 1.29 is 4.79 Å². The predicted molar refractivity (Wildman–Crippen MR) is 86.4 cm³/mol. The molecule has 2 aromatic heterocycles. The Morgan fingerprint density at radius 3 is 2.57 bits per heavy atom. The number of piperazine rings is 1. The van der Waals surface area contributed by atoms with Gasteiger partial charge in [0.1, 0.15) is 12.1 Å². The number of aromatic nitrogens is 4. The fourth-order valence-electron chi connectivity index (χ4n) is 3.44. The van der Waals surface area contributed by atoms with Crippen LogP contribution in [0.5, 0.6) is 0 Å². The summed E-state index contributed by atoms with van der Waals surface area (Å²) in [5.74, 6) is 2.33. The van der Waals surface area contributed by atoms with Crippen LogP contribution in [0, 0.1) is 19.8 Å². The van der Waals surface area contributed by atoms with E-state index in [0.717, 1.165) is 56.1 Å². The topological polar surface area (TPSA) is 66.6 Å². The first kappa shape index (κ1) is 14.4. The molecule has 23 heavy (non-hydrogen) atoms. The molecule has 4 rings (SSSR count). The van der Waals surface area contributed by atoms with Crippen LogP contribution in [0.1, 0.15) is 30.5 Å². The van der Waals surface area contributed by atoms with Gasteiger partial charge in [0.25, 0.3) is 5.78 Å². The van der Waals surface area contributed by atoms with Crippen LogP contribution in [0.15, 0.2) is 6.33 Å². The Hall–Kier alpha value is -2.18. The second-order valence-electron chi connectivity index (χ2n) is 6.56. The second kappa shape index (κ2) is 5.47. The molecule has 3 heterocycles. The Balaban J connectivity index is 1.55. The first-order chi connectivity index (χ1) is 11.1. The molecule has 0 atom stereocenters. The molecule has 1 amide bonds. The molecule has 0 radical (unpaired) electrons. The molecular formula is C16H22N6O. The zero-order valence-corrected chi connectivity index (χ0v) is 13.7. The van der Waals surface area contributed by atoms with Crippen LogP contribution >= 0.6 is 0 Å². The molecule has 2 fully saturated rings. The molecule has 0 aromatic carbocycles. The molecule has 1 aliphatic carbocycles. The van der Waals surface area contributed by atoms with Crippen LogP contribution in [0.3, 0.4) is 0 Å². The van der Waals surface area contributed by atoms with E-state index in [1.54, 1.807) is 6.33 Å². The van der Waals surface area contributed by atoms with E-state index < -0.39 is 0 Å². The maximum absolute atomic E-state index is 12.4. The molecule has 2 aromatic rings. The number of fused-ring (bicyclic) bond motifs is 1. The fraction of sp³-hybridized carbons (Fsp3) is 0.625. The number of hydrogen-bond donors (Lipinski definition) is 0. The number of hydrogen-bond acceptors (Lipinski definition) is 5. The number of nitrogens with zero attached hydrogens (tertiary/aromatic N) is 6. The summed E-state index contributed by atoms with van der Waals surface area (Å²) in [6.07, 6.45) is 4.89. The van der Waals surface area contributed by atoms with Gasteiger partial charge in [-0.1, -0.05) is 6.42 Å². The zero-order chi connectivity index (χ0) is 16.0. The first-order valence-corrected chi connectivity index (χ1v) is 8.36. The number of amides is 1. The van der Waals surface area contributed by atoms with Crippen LogP contribution in [-0.4, -0.2) is 56.6 Å². The van der Waals surface area contributed by atoms with Crippen molar-refractivity contribution in [3.05, 3.63) is 17.6 Å². The van der Waals surface area contributed by atoms with Gasteiger partial charge in [0.15, 0.2) is 0 Å². The summed E-state index contributed by atoms with van der Waals surface area (Å²) in [6, 6.07) is 0. The van der Waals surface area contributed by atoms with Gasteiger partial charge in [-0.25, -0.2) is 4.98 Å². The van der Waals surface area contributed by atoms with Gasteiger partial charge in [0.05, 0.1) is 0 Å². The maximum atomic E-state index is 12.4. The third-order valence-electron chi connectivity index (χ3n) is 5.22. The van der Waals surface area contributed by atoms with Crippen molar-refractivity contribution in [1.82, 2.24) is 24.5 Å². The number of carbonyl (C=O) groups excluding carboxylic acids is 1. The van der Waals surface area contributed by atoms with Gasteiger partial charge in [-0.15, -0.1) is 0 Å². The van der Waals surface area contributed by atoms with E-state index >= 15 is 0 Å². The average molecular weight is 314 g/mol. The van der Waals surface area contributed by atoms with Crippen LogP contribution < -0.4 is 4.90 Å². The summed E-state index contributed by atoms with van der Waals surface area (Å²) in [4.78, 5) is 25.4. The minimum atomic E-state index is 0.286. The van der Waals surface area contributed by atoms with Crippen molar-refractivity contribution in [2.45, 2.75) is 33.1 Å². The molecule has 0 N–H and O–H groups in total. The van der Waals surface area contributed by atoms with Crippen LogP contribution in [0.25, 0.3) is 5.78 Å². The molecule has 0 spiro atoms. The average Bonchev–Trinajstić information content (AvgIpc) is 2.94. The van der Waals surface area contributed by atoms with Gasteiger partial charge in [0, 0.05) is 43.4 Å². The highest BCUT2D eigenvalue weighted by atomic mass is 16.2. The molecule has 7 nitrogen and oxygen atoms in total. The van der Waals surface area contributed by atoms with Crippen molar-refractivity contribution in [2.24, 2.45) is 5.92 Å². The second-order valence-corrected chi connectivity index (χ2v) is 6.56. The summed E-state index contributed by atoms with van der Waals surface area (Å²) in [6.45, 7) is 7.31. The molecule has 7 heteroatoms. The molecular weight excluding hydrogens is 292 g/mol. The van der Waals surface area contributed by atoms with E-state index in [-0.39, 0.29) is 5.92 Å². The van der Waals surface area contributed by atoms with Gasteiger partial charge in [-0.2, -0.15) is 14.6 Å². The highest BCUT2D eigenvalue weighted by molar-refractivity contribution is 5.80. The van der Waals surface area contributed by atoms with E-state index in [2.05, 4.69) is 26.9 Å². The van der Waals surface area contributed by atoms with E-state index in [1.807, 2.05) is 16.3 Å². The number of anilines is 1. The van der Waals surface area contributed by atoms with Crippen molar-refractivity contribution in [3.8, 4) is 0 Å². The molecule has 1 saturated carbocycles. The number of aryl methyl sites for hydroxylation is 1. The first-order valence-electron chi connectivity index (χ1n) is 8.36. The molecule has 1 aliphatic heterocycles. The fourth-order valence-corrected chi connectivity index (χ4v) is 3.44. The lowest BCUT2D eigenvalue weighted by Gasteiger charge is -2.39. The summed E-state index contributed by atoms with van der Waals surface area (Å²) >= 11 is 0. The molecule has 1 saturated heterocycles. The zero-order valence-electron chi connectivity index (χ0n) is 13.7. The molecule has 2 aliphatic rings. The molecule has 0 unspecified atom stereocenters.